The molecule has 0 fully saturated rings. The number of hydrogen-bond acceptors (Lipinski definition) is 3. The maximum Gasteiger partial charge on any atom is 0.319 e. The summed E-state index contributed by atoms with van der Waals surface area (Å²) in [6.45, 7) is 12.0. The maximum absolute atomic E-state index is 11.7. The van der Waals surface area contributed by atoms with Crippen molar-refractivity contribution in [3.05, 3.63) is 23.3 Å². The highest BCUT2D eigenvalue weighted by molar-refractivity contribution is 7.33. The highest BCUT2D eigenvalue weighted by Gasteiger charge is 2.10. The third-order valence-corrected chi connectivity index (χ3v) is 3.50. The molecule has 0 rings (SSSR count). The molecule has 0 spiro atoms. The smallest absolute Gasteiger partial charge is 0.307 e. The first-order chi connectivity index (χ1) is 8.31. The summed E-state index contributed by atoms with van der Waals surface area (Å²) >= 11 is 0. The SMILES string of the molecule is CC(C)=CCC(C)O[PH](=O)OC(C)CC=C(C)C. The van der Waals surface area contributed by atoms with Crippen molar-refractivity contribution >= 4 is 8.25 Å². The predicted octanol–water partition coefficient (Wildman–Crippen LogP) is 4.90. The van der Waals surface area contributed by atoms with Crippen molar-refractivity contribution in [2.75, 3.05) is 0 Å². The number of rotatable bonds is 8. The lowest BCUT2D eigenvalue weighted by molar-refractivity contribution is 0.147. The summed E-state index contributed by atoms with van der Waals surface area (Å²) in [4.78, 5) is 0. The zero-order valence-electron chi connectivity index (χ0n) is 12.4. The molecule has 3 nitrogen and oxygen atoms in total. The Morgan fingerprint density at radius 3 is 1.56 bits per heavy atom. The molecule has 0 bridgehead atoms. The Morgan fingerprint density at radius 2 is 1.28 bits per heavy atom. The molecule has 2 unspecified atom stereocenters. The molecule has 106 valence electrons. The lowest BCUT2D eigenvalue weighted by atomic mass is 10.2. The second-order valence-electron chi connectivity index (χ2n) is 5.14. The second-order valence-corrected chi connectivity index (χ2v) is 6.11. The van der Waals surface area contributed by atoms with E-state index in [0.717, 1.165) is 12.8 Å². The molecule has 4 heteroatoms. The van der Waals surface area contributed by atoms with Crippen LogP contribution in [-0.2, 0) is 13.6 Å². The van der Waals surface area contributed by atoms with Crippen molar-refractivity contribution in [2.45, 2.75) is 66.6 Å². The van der Waals surface area contributed by atoms with E-state index in [9.17, 15) is 4.57 Å². The summed E-state index contributed by atoms with van der Waals surface area (Å²) in [7, 11) is -2.39. The van der Waals surface area contributed by atoms with Gasteiger partial charge in [0.1, 0.15) is 0 Å². The van der Waals surface area contributed by atoms with Crippen LogP contribution >= 0.6 is 8.25 Å². The van der Waals surface area contributed by atoms with Gasteiger partial charge in [-0.25, -0.2) is 0 Å². The van der Waals surface area contributed by atoms with Gasteiger partial charge < -0.3 is 9.05 Å². The number of allylic oxidation sites excluding steroid dienone is 2. The minimum absolute atomic E-state index is 0.0676. The fraction of sp³-hybridized carbons (Fsp3) is 0.714. The third kappa shape index (κ3) is 10.8. The first-order valence-electron chi connectivity index (χ1n) is 6.45. The van der Waals surface area contributed by atoms with Crippen molar-refractivity contribution in [3.63, 3.8) is 0 Å². The Hall–Kier alpha value is -0.370. The minimum Gasteiger partial charge on any atom is -0.307 e. The molecule has 2 atom stereocenters. The van der Waals surface area contributed by atoms with Crippen LogP contribution in [0.3, 0.4) is 0 Å². The molecular weight excluding hydrogens is 247 g/mol. The number of hydrogen-bond donors (Lipinski definition) is 0. The fourth-order valence-electron chi connectivity index (χ4n) is 1.26. The van der Waals surface area contributed by atoms with Gasteiger partial charge in [0.25, 0.3) is 0 Å². The summed E-state index contributed by atoms with van der Waals surface area (Å²) in [5.41, 5.74) is 2.48. The lowest BCUT2D eigenvalue weighted by Gasteiger charge is -2.14. The molecule has 0 N–H and O–H groups in total. The van der Waals surface area contributed by atoms with Crippen molar-refractivity contribution in [1.29, 1.82) is 0 Å². The summed E-state index contributed by atoms with van der Waals surface area (Å²) in [5, 5.41) is 0. The molecule has 0 saturated carbocycles. The zero-order valence-corrected chi connectivity index (χ0v) is 13.4. The van der Waals surface area contributed by atoms with Crippen LogP contribution in [0.1, 0.15) is 54.4 Å². The second kappa shape index (κ2) is 9.55. The van der Waals surface area contributed by atoms with E-state index >= 15 is 0 Å². The van der Waals surface area contributed by atoms with Gasteiger partial charge in [0, 0.05) is 0 Å². The lowest BCUT2D eigenvalue weighted by Crippen LogP contribution is -2.06. The summed E-state index contributed by atoms with van der Waals surface area (Å²) in [6, 6.07) is 0. The molecule has 0 saturated heterocycles. The molecule has 0 aromatic carbocycles. The summed E-state index contributed by atoms with van der Waals surface area (Å²) < 4.78 is 22.3. The van der Waals surface area contributed by atoms with Gasteiger partial charge in [-0.15, -0.1) is 0 Å². The van der Waals surface area contributed by atoms with Crippen molar-refractivity contribution in [3.8, 4) is 0 Å². The highest BCUT2D eigenvalue weighted by Crippen LogP contribution is 2.30. The predicted molar refractivity (Wildman–Crippen MR) is 78.2 cm³/mol. The van der Waals surface area contributed by atoms with E-state index in [1.807, 2.05) is 41.5 Å². The Bertz CT molecular complexity index is 283. The first kappa shape index (κ1) is 17.6. The van der Waals surface area contributed by atoms with Gasteiger partial charge in [0.05, 0.1) is 12.2 Å². The topological polar surface area (TPSA) is 35.5 Å². The zero-order chi connectivity index (χ0) is 14.1. The molecule has 0 aromatic rings. The Kier molecular flexibility index (Phi) is 9.35. The van der Waals surface area contributed by atoms with E-state index < -0.39 is 8.25 Å². The normalized spacial score (nSPS) is 15.7. The molecule has 0 aliphatic heterocycles. The van der Waals surface area contributed by atoms with E-state index in [0.29, 0.717) is 0 Å². The van der Waals surface area contributed by atoms with Crippen LogP contribution in [0.15, 0.2) is 23.3 Å². The van der Waals surface area contributed by atoms with Gasteiger partial charge >= 0.3 is 8.25 Å². The van der Waals surface area contributed by atoms with E-state index in [2.05, 4.69) is 12.2 Å². The van der Waals surface area contributed by atoms with E-state index in [4.69, 9.17) is 9.05 Å². The average molecular weight is 274 g/mol. The molecule has 0 aliphatic carbocycles. The Labute approximate surface area is 112 Å². The minimum atomic E-state index is -2.39. The van der Waals surface area contributed by atoms with Crippen LogP contribution < -0.4 is 0 Å². The summed E-state index contributed by atoms with van der Waals surface area (Å²) in [5.74, 6) is 0. The maximum atomic E-state index is 11.7. The van der Waals surface area contributed by atoms with Crippen LogP contribution in [0, 0.1) is 0 Å². The quantitative estimate of drug-likeness (QED) is 0.466. The van der Waals surface area contributed by atoms with Gasteiger partial charge in [-0.1, -0.05) is 23.3 Å². The van der Waals surface area contributed by atoms with E-state index in [1.165, 1.54) is 11.1 Å². The average Bonchev–Trinajstić information content (AvgIpc) is 2.23. The molecule has 0 aliphatic rings. The molecule has 0 heterocycles. The highest BCUT2D eigenvalue weighted by atomic mass is 31.1. The van der Waals surface area contributed by atoms with Crippen LogP contribution in [0.2, 0.25) is 0 Å². The van der Waals surface area contributed by atoms with Gasteiger partial charge in [0.15, 0.2) is 0 Å². The van der Waals surface area contributed by atoms with Gasteiger partial charge in [-0.2, -0.15) is 0 Å². The van der Waals surface area contributed by atoms with E-state index in [1.54, 1.807) is 0 Å². The van der Waals surface area contributed by atoms with E-state index in [-0.39, 0.29) is 12.2 Å². The van der Waals surface area contributed by atoms with Gasteiger partial charge in [-0.05, 0) is 54.4 Å². The van der Waals surface area contributed by atoms with Crippen LogP contribution in [0.5, 0.6) is 0 Å². The Morgan fingerprint density at radius 1 is 0.944 bits per heavy atom. The van der Waals surface area contributed by atoms with Crippen molar-refractivity contribution < 1.29 is 13.6 Å². The third-order valence-electron chi connectivity index (χ3n) is 2.31. The van der Waals surface area contributed by atoms with Crippen molar-refractivity contribution in [1.82, 2.24) is 0 Å². The largest absolute Gasteiger partial charge is 0.319 e. The molecule has 18 heavy (non-hydrogen) atoms. The first-order valence-corrected chi connectivity index (χ1v) is 7.67. The van der Waals surface area contributed by atoms with Gasteiger partial charge in [0.2, 0.25) is 0 Å². The van der Waals surface area contributed by atoms with Crippen LogP contribution in [0.4, 0.5) is 0 Å². The molecule has 0 aromatic heterocycles. The standard InChI is InChI=1S/C14H27O3P/c1-11(2)7-9-13(5)16-18(15)17-14(6)10-8-12(3)4/h7-8,13-14,18H,9-10H2,1-6H3. The van der Waals surface area contributed by atoms with Crippen molar-refractivity contribution in [2.24, 2.45) is 0 Å². The fourth-order valence-corrected chi connectivity index (χ4v) is 2.16. The van der Waals surface area contributed by atoms with Crippen LogP contribution in [0.25, 0.3) is 0 Å². The summed E-state index contributed by atoms with van der Waals surface area (Å²) in [6.07, 6.45) is 5.55. The molecule has 0 radical (unpaired) electrons. The monoisotopic (exact) mass is 274 g/mol. The van der Waals surface area contributed by atoms with Gasteiger partial charge in [-0.3, -0.25) is 4.57 Å². The molecular formula is C14H27O3P. The van der Waals surface area contributed by atoms with Crippen LogP contribution in [-0.4, -0.2) is 12.2 Å². The molecule has 0 amide bonds. The Balaban J connectivity index is 3.96.